The van der Waals surface area contributed by atoms with Gasteiger partial charge in [0, 0.05) is 17.7 Å². The number of aliphatic hydroxyl groups excluding tert-OH is 2. The first-order valence-electron chi connectivity index (χ1n) is 12.3. The smallest absolute Gasteiger partial charge is 0.309 e. The van der Waals surface area contributed by atoms with Gasteiger partial charge in [0.25, 0.3) is 0 Å². The van der Waals surface area contributed by atoms with Crippen LogP contribution < -0.4 is 0 Å². The van der Waals surface area contributed by atoms with Crippen molar-refractivity contribution in [2.75, 3.05) is 0 Å². The predicted octanol–water partition coefficient (Wildman–Crippen LogP) is 4.25. The number of nitrogens with zero attached hydrogens (tertiary/aromatic N) is 1. The zero-order valence-corrected chi connectivity index (χ0v) is 22.6. The van der Waals surface area contributed by atoms with Crippen molar-refractivity contribution < 1.29 is 29.3 Å². The maximum Gasteiger partial charge on any atom is 0.309 e. The number of esters is 1. The Balaban J connectivity index is 1.95. The molecular formula is C27H39NO6S. The highest BCUT2D eigenvalue weighted by Gasteiger charge is 2.45. The first kappa shape index (κ1) is 27.7. The summed E-state index contributed by atoms with van der Waals surface area (Å²) in [6.45, 7) is 12.8. The second-order valence-electron chi connectivity index (χ2n) is 10.8. The molecule has 2 aliphatic rings. The Morgan fingerprint density at radius 2 is 1.89 bits per heavy atom. The lowest BCUT2D eigenvalue weighted by atomic mass is 9.73. The topological polar surface area (TPSA) is 106 Å². The number of cyclic esters (lactones) is 1. The molecule has 3 unspecified atom stereocenters. The van der Waals surface area contributed by atoms with E-state index >= 15 is 0 Å². The van der Waals surface area contributed by atoms with Gasteiger partial charge in [0.1, 0.15) is 11.9 Å². The Bertz CT molecular complexity index is 996. The Labute approximate surface area is 212 Å². The van der Waals surface area contributed by atoms with Crippen LogP contribution in [0.3, 0.4) is 0 Å². The molecule has 0 radical (unpaired) electrons. The van der Waals surface area contributed by atoms with Crippen LogP contribution in [0, 0.1) is 24.2 Å². The molecule has 3 heterocycles. The molecule has 1 saturated heterocycles. The SMILES string of the molecule is C/C1=C\C2C[C@H](C)[C@H](O2)[C@@H](C)C(=O)C(C)(C)[C@@H](O)CC(=O)OC(/C(C)=C/c2csc(C)n2)CC1O. The highest BCUT2D eigenvalue weighted by atomic mass is 32.1. The Morgan fingerprint density at radius 3 is 2.51 bits per heavy atom. The molecule has 1 aromatic rings. The third kappa shape index (κ3) is 6.47. The molecule has 35 heavy (non-hydrogen) atoms. The largest absolute Gasteiger partial charge is 0.458 e. The molecule has 8 heteroatoms. The average molecular weight is 506 g/mol. The summed E-state index contributed by atoms with van der Waals surface area (Å²) in [4.78, 5) is 30.7. The second-order valence-corrected chi connectivity index (χ2v) is 11.8. The summed E-state index contributed by atoms with van der Waals surface area (Å²) in [5, 5.41) is 24.7. The van der Waals surface area contributed by atoms with E-state index in [0.29, 0.717) is 0 Å². The number of rotatable bonds is 2. The molecular weight excluding hydrogens is 466 g/mol. The monoisotopic (exact) mass is 505 g/mol. The standard InChI is InChI=1S/C27H39NO6S/c1-14-9-20-10-16(3)25(33-20)17(4)26(32)27(6,7)23(30)12-24(31)34-22(11-21(14)29)15(2)8-19-13-35-18(5)28-19/h8-9,13,16-17,20-23,25,29-30H,10-12H2,1-7H3/b14-9+,15-8+/t16-,17+,20?,21?,22?,23-,25-/m0/s1. The third-order valence-electron chi connectivity index (χ3n) is 7.44. The van der Waals surface area contributed by atoms with Crippen LogP contribution in [0.15, 0.2) is 22.6 Å². The van der Waals surface area contributed by atoms with Gasteiger partial charge in [-0.2, -0.15) is 0 Å². The molecule has 0 saturated carbocycles. The van der Waals surface area contributed by atoms with Crippen LogP contribution in [0.5, 0.6) is 0 Å². The number of aryl methyl sites for hydroxylation is 1. The van der Waals surface area contributed by atoms with Crippen LogP contribution in [0.25, 0.3) is 6.08 Å². The number of aromatic nitrogens is 1. The number of hydrogen-bond donors (Lipinski definition) is 2. The quantitative estimate of drug-likeness (QED) is 0.457. The van der Waals surface area contributed by atoms with Crippen molar-refractivity contribution in [3.8, 4) is 0 Å². The van der Waals surface area contributed by atoms with Gasteiger partial charge in [0.05, 0.1) is 47.0 Å². The molecule has 7 nitrogen and oxygen atoms in total. The van der Waals surface area contributed by atoms with Gasteiger partial charge in [-0.25, -0.2) is 4.98 Å². The number of thiazole rings is 1. The minimum absolute atomic E-state index is 0.141. The van der Waals surface area contributed by atoms with E-state index < -0.39 is 35.6 Å². The van der Waals surface area contributed by atoms with Gasteiger partial charge in [0.15, 0.2) is 0 Å². The summed E-state index contributed by atoms with van der Waals surface area (Å²) in [6.07, 6.45) is 1.07. The first-order chi connectivity index (χ1) is 16.3. The maximum atomic E-state index is 13.4. The number of ether oxygens (including phenoxy) is 2. The Hall–Kier alpha value is -1.87. The normalized spacial score (nSPS) is 36.7. The van der Waals surface area contributed by atoms with E-state index in [0.717, 1.165) is 28.3 Å². The van der Waals surface area contributed by atoms with Gasteiger partial charge < -0.3 is 19.7 Å². The van der Waals surface area contributed by atoms with Crippen molar-refractivity contribution in [2.45, 2.75) is 98.2 Å². The van der Waals surface area contributed by atoms with Crippen LogP contribution in [-0.2, 0) is 19.1 Å². The number of hydrogen-bond acceptors (Lipinski definition) is 8. The lowest BCUT2D eigenvalue weighted by Crippen LogP contribution is -2.45. The molecule has 194 valence electrons. The molecule has 2 bridgehead atoms. The van der Waals surface area contributed by atoms with Crippen molar-refractivity contribution in [1.29, 1.82) is 0 Å². The van der Waals surface area contributed by atoms with Crippen LogP contribution in [0.2, 0.25) is 0 Å². The van der Waals surface area contributed by atoms with Gasteiger partial charge in [-0.1, -0.05) is 33.8 Å². The van der Waals surface area contributed by atoms with Crippen molar-refractivity contribution in [1.82, 2.24) is 4.98 Å². The number of ketones is 1. The fourth-order valence-electron chi connectivity index (χ4n) is 5.02. The van der Waals surface area contributed by atoms with Crippen LogP contribution in [0.1, 0.15) is 71.5 Å². The lowest BCUT2D eigenvalue weighted by molar-refractivity contribution is -0.155. The molecule has 2 aliphatic heterocycles. The molecule has 7 atom stereocenters. The van der Waals surface area contributed by atoms with Crippen molar-refractivity contribution in [3.63, 3.8) is 0 Å². The number of Topliss-reactive ketones (excluding diaryl/α,β-unsaturated/α-hetero) is 1. The van der Waals surface area contributed by atoms with E-state index in [2.05, 4.69) is 11.9 Å². The van der Waals surface area contributed by atoms with Crippen molar-refractivity contribution in [3.05, 3.63) is 33.3 Å². The molecule has 3 rings (SSSR count). The van der Waals surface area contributed by atoms with E-state index in [1.54, 1.807) is 13.8 Å². The van der Waals surface area contributed by atoms with Gasteiger partial charge in [-0.15, -0.1) is 11.3 Å². The second kappa shape index (κ2) is 11.0. The van der Waals surface area contributed by atoms with Crippen molar-refractivity contribution >= 4 is 29.2 Å². The Morgan fingerprint density at radius 1 is 1.20 bits per heavy atom. The number of carbonyl (C=O) groups excluding carboxylic acids is 2. The zero-order valence-electron chi connectivity index (χ0n) is 21.8. The van der Waals surface area contributed by atoms with Crippen molar-refractivity contribution in [2.24, 2.45) is 17.3 Å². The fraction of sp³-hybridized carbons (Fsp3) is 0.667. The van der Waals surface area contributed by atoms with E-state index in [1.807, 2.05) is 45.2 Å². The van der Waals surface area contributed by atoms with Crippen LogP contribution in [-0.4, -0.2) is 57.5 Å². The summed E-state index contributed by atoms with van der Waals surface area (Å²) in [5.74, 6) is -1.06. The first-order valence-corrected chi connectivity index (χ1v) is 13.2. The van der Waals surface area contributed by atoms with Crippen LogP contribution >= 0.6 is 11.3 Å². The summed E-state index contributed by atoms with van der Waals surface area (Å²) in [7, 11) is 0. The van der Waals surface area contributed by atoms with E-state index in [9.17, 15) is 19.8 Å². The summed E-state index contributed by atoms with van der Waals surface area (Å²) in [5.41, 5.74) is 1.09. The minimum Gasteiger partial charge on any atom is -0.458 e. The number of carbonyl (C=O) groups is 2. The molecule has 0 aliphatic carbocycles. The van der Waals surface area contributed by atoms with Gasteiger partial charge in [-0.05, 0) is 50.3 Å². The molecule has 0 spiro atoms. The molecule has 2 N–H and O–H groups in total. The van der Waals surface area contributed by atoms with Gasteiger partial charge in [0.2, 0.25) is 0 Å². The highest BCUT2D eigenvalue weighted by Crippen LogP contribution is 2.38. The Kier molecular flexibility index (Phi) is 8.73. The summed E-state index contributed by atoms with van der Waals surface area (Å²) < 4.78 is 12.0. The van der Waals surface area contributed by atoms with Crippen LogP contribution in [0.4, 0.5) is 0 Å². The third-order valence-corrected chi connectivity index (χ3v) is 8.23. The highest BCUT2D eigenvalue weighted by molar-refractivity contribution is 7.09. The van der Waals surface area contributed by atoms with E-state index in [-0.39, 0.29) is 36.8 Å². The summed E-state index contributed by atoms with van der Waals surface area (Å²) in [6, 6.07) is 0. The maximum absolute atomic E-state index is 13.4. The zero-order chi connectivity index (χ0) is 26.1. The number of fused-ring (bicyclic) bond motifs is 2. The average Bonchev–Trinajstić information content (AvgIpc) is 3.35. The van der Waals surface area contributed by atoms with Gasteiger partial charge in [-0.3, -0.25) is 9.59 Å². The molecule has 0 aromatic carbocycles. The minimum atomic E-state index is -1.21. The molecule has 1 aromatic heterocycles. The molecule has 1 fully saturated rings. The molecule has 0 amide bonds. The fourth-order valence-corrected chi connectivity index (χ4v) is 5.59. The lowest BCUT2D eigenvalue weighted by Gasteiger charge is -2.34. The van der Waals surface area contributed by atoms with Gasteiger partial charge >= 0.3 is 5.97 Å². The van der Waals surface area contributed by atoms with E-state index in [4.69, 9.17) is 9.47 Å². The summed E-state index contributed by atoms with van der Waals surface area (Å²) >= 11 is 1.53. The van der Waals surface area contributed by atoms with E-state index in [1.165, 1.54) is 11.3 Å². The predicted molar refractivity (Wildman–Crippen MR) is 136 cm³/mol. The number of aliphatic hydroxyl groups is 2.